The summed E-state index contributed by atoms with van der Waals surface area (Å²) in [4.78, 5) is 11.7. The molecule has 0 aliphatic carbocycles. The Morgan fingerprint density at radius 3 is 2.65 bits per heavy atom. The smallest absolute Gasteiger partial charge is 0.269 e. The Hall–Kier alpha value is -1.34. The fourth-order valence-corrected chi connectivity index (χ4v) is 2.37. The van der Waals surface area contributed by atoms with Crippen molar-refractivity contribution in [1.82, 2.24) is 4.57 Å². The van der Waals surface area contributed by atoms with Crippen LogP contribution in [0.3, 0.4) is 0 Å². The molecule has 0 radical (unpaired) electrons. The van der Waals surface area contributed by atoms with E-state index in [1.165, 1.54) is 30.9 Å². The summed E-state index contributed by atoms with van der Waals surface area (Å²) in [5.41, 5.74) is 5.27. The number of aromatic nitrogens is 1. The molecule has 0 atom stereocenters. The minimum absolute atomic E-state index is 0.129. The number of methoxy groups -OCH3 is 1. The number of nitrogen functional groups attached to an aromatic ring is 1. The molecule has 0 amide bonds. The number of rotatable bonds is 5. The van der Waals surface area contributed by atoms with Crippen molar-refractivity contribution in [3.8, 4) is 0 Å². The van der Waals surface area contributed by atoms with E-state index in [9.17, 15) is 13.2 Å². The summed E-state index contributed by atoms with van der Waals surface area (Å²) in [6.45, 7) is 2.07. The largest absolute Gasteiger partial charge is 0.398 e. The summed E-state index contributed by atoms with van der Waals surface area (Å²) in [6.07, 6.45) is 1.41. The van der Waals surface area contributed by atoms with E-state index in [2.05, 4.69) is 0 Å². The molecular weight excluding hydrogens is 244 g/mol. The molecular formula is C10H16N2O4S. The summed E-state index contributed by atoms with van der Waals surface area (Å²) >= 11 is 0. The average molecular weight is 260 g/mol. The topological polar surface area (TPSA) is 91.4 Å². The monoisotopic (exact) mass is 260 g/mol. The first-order chi connectivity index (χ1) is 7.92. The van der Waals surface area contributed by atoms with Crippen LogP contribution >= 0.6 is 0 Å². The minimum atomic E-state index is -3.55. The maximum Gasteiger partial charge on any atom is 0.269 e. The van der Waals surface area contributed by atoms with Gasteiger partial charge < -0.3 is 15.0 Å². The molecule has 6 nitrogen and oxygen atoms in total. The van der Waals surface area contributed by atoms with Gasteiger partial charge >= 0.3 is 0 Å². The number of sulfone groups is 1. The van der Waals surface area contributed by atoms with Gasteiger partial charge in [-0.2, -0.15) is 0 Å². The predicted molar refractivity (Wildman–Crippen MR) is 64.7 cm³/mol. The third kappa shape index (κ3) is 3.07. The molecule has 0 aromatic carbocycles. The van der Waals surface area contributed by atoms with Crippen molar-refractivity contribution >= 4 is 15.5 Å². The molecule has 0 saturated carbocycles. The number of hydrogen-bond donors (Lipinski definition) is 1. The second-order valence-electron chi connectivity index (χ2n) is 3.53. The minimum Gasteiger partial charge on any atom is -0.398 e. The molecule has 7 heteroatoms. The quantitative estimate of drug-likeness (QED) is 0.796. The van der Waals surface area contributed by atoms with Crippen molar-refractivity contribution in [3.63, 3.8) is 0 Å². The molecule has 1 heterocycles. The Bertz CT molecular complexity index is 548. The van der Waals surface area contributed by atoms with Gasteiger partial charge in [0, 0.05) is 25.5 Å². The standard InChI is InChI=1S/C10H16N2O4S/c1-3-17(14,15)9-6-8(11)7-12(10(9)13)4-5-16-2/h6-7H,3-5,11H2,1-2H3. The van der Waals surface area contributed by atoms with E-state index in [0.29, 0.717) is 6.61 Å². The summed E-state index contributed by atoms with van der Waals surface area (Å²) in [7, 11) is -2.05. The number of anilines is 1. The second-order valence-corrected chi connectivity index (χ2v) is 5.78. The number of pyridine rings is 1. The van der Waals surface area contributed by atoms with Crippen LogP contribution in [0, 0.1) is 0 Å². The van der Waals surface area contributed by atoms with Crippen LogP contribution in [0.1, 0.15) is 6.92 Å². The van der Waals surface area contributed by atoms with Crippen LogP contribution in [0.5, 0.6) is 0 Å². The first kappa shape index (κ1) is 13.7. The lowest BCUT2D eigenvalue weighted by molar-refractivity contribution is 0.186. The van der Waals surface area contributed by atoms with E-state index in [1.54, 1.807) is 0 Å². The molecule has 0 saturated heterocycles. The fourth-order valence-electron chi connectivity index (χ4n) is 1.36. The summed E-state index contributed by atoms with van der Waals surface area (Å²) < 4.78 is 29.5. The Morgan fingerprint density at radius 2 is 2.12 bits per heavy atom. The third-order valence-corrected chi connectivity index (χ3v) is 4.05. The van der Waals surface area contributed by atoms with Gasteiger partial charge in [0.1, 0.15) is 4.90 Å². The van der Waals surface area contributed by atoms with E-state index in [0.717, 1.165) is 0 Å². The number of nitrogens with two attached hydrogens (primary N) is 1. The molecule has 1 rings (SSSR count). The summed E-state index contributed by atoms with van der Waals surface area (Å²) in [6, 6.07) is 1.20. The first-order valence-electron chi connectivity index (χ1n) is 5.14. The molecule has 96 valence electrons. The highest BCUT2D eigenvalue weighted by atomic mass is 32.2. The van der Waals surface area contributed by atoms with Crippen LogP contribution in [-0.4, -0.2) is 32.5 Å². The van der Waals surface area contributed by atoms with Gasteiger partial charge in [0.05, 0.1) is 12.4 Å². The van der Waals surface area contributed by atoms with Crippen LogP contribution in [0.25, 0.3) is 0 Å². The molecule has 17 heavy (non-hydrogen) atoms. The summed E-state index contributed by atoms with van der Waals surface area (Å²) in [5.74, 6) is -0.129. The highest BCUT2D eigenvalue weighted by Crippen LogP contribution is 2.10. The third-order valence-electron chi connectivity index (χ3n) is 2.33. The molecule has 0 spiro atoms. The van der Waals surface area contributed by atoms with Crippen LogP contribution in [0.4, 0.5) is 5.69 Å². The van der Waals surface area contributed by atoms with Gasteiger partial charge in [-0.3, -0.25) is 4.79 Å². The SMILES string of the molecule is CCS(=O)(=O)c1cc(N)cn(CCOC)c1=O. The highest BCUT2D eigenvalue weighted by Gasteiger charge is 2.18. The van der Waals surface area contributed by atoms with Crippen molar-refractivity contribution in [2.24, 2.45) is 0 Å². The van der Waals surface area contributed by atoms with Gasteiger partial charge in [0.2, 0.25) is 0 Å². The Balaban J connectivity index is 3.34. The van der Waals surface area contributed by atoms with Crippen LogP contribution in [-0.2, 0) is 21.1 Å². The zero-order valence-electron chi connectivity index (χ0n) is 9.84. The van der Waals surface area contributed by atoms with Crippen molar-refractivity contribution in [1.29, 1.82) is 0 Å². The lowest BCUT2D eigenvalue weighted by atomic mass is 10.4. The highest BCUT2D eigenvalue weighted by molar-refractivity contribution is 7.91. The van der Waals surface area contributed by atoms with Crippen molar-refractivity contribution < 1.29 is 13.2 Å². The molecule has 0 aliphatic heterocycles. The van der Waals surface area contributed by atoms with E-state index < -0.39 is 15.4 Å². The molecule has 0 aliphatic rings. The van der Waals surface area contributed by atoms with Gasteiger partial charge in [-0.15, -0.1) is 0 Å². The van der Waals surface area contributed by atoms with Crippen LogP contribution in [0.2, 0.25) is 0 Å². The normalized spacial score (nSPS) is 11.6. The Kier molecular flexibility index (Phi) is 4.30. The van der Waals surface area contributed by atoms with Gasteiger partial charge in [0.25, 0.3) is 5.56 Å². The molecule has 0 fully saturated rings. The molecule has 1 aromatic rings. The zero-order chi connectivity index (χ0) is 13.1. The van der Waals surface area contributed by atoms with E-state index >= 15 is 0 Å². The second kappa shape index (κ2) is 5.33. The molecule has 0 unspecified atom stereocenters. The van der Waals surface area contributed by atoms with Crippen molar-refractivity contribution in [3.05, 3.63) is 22.6 Å². The van der Waals surface area contributed by atoms with E-state index in [-0.39, 0.29) is 22.9 Å². The average Bonchev–Trinajstić information content (AvgIpc) is 2.29. The van der Waals surface area contributed by atoms with Gasteiger partial charge in [-0.1, -0.05) is 6.92 Å². The van der Waals surface area contributed by atoms with Gasteiger partial charge in [-0.25, -0.2) is 8.42 Å². The van der Waals surface area contributed by atoms with E-state index in [4.69, 9.17) is 10.5 Å². The lowest BCUT2D eigenvalue weighted by Gasteiger charge is -2.09. The number of nitrogens with zero attached hydrogens (tertiary/aromatic N) is 1. The van der Waals surface area contributed by atoms with Crippen molar-refractivity contribution in [2.75, 3.05) is 25.2 Å². The maximum atomic E-state index is 11.9. The van der Waals surface area contributed by atoms with Gasteiger partial charge in [-0.05, 0) is 6.07 Å². The molecule has 0 bridgehead atoms. The number of hydrogen-bond acceptors (Lipinski definition) is 5. The lowest BCUT2D eigenvalue weighted by Crippen LogP contribution is -2.28. The van der Waals surface area contributed by atoms with Crippen LogP contribution in [0.15, 0.2) is 22.0 Å². The van der Waals surface area contributed by atoms with E-state index in [1.807, 2.05) is 0 Å². The summed E-state index contributed by atoms with van der Waals surface area (Å²) in [5, 5.41) is 0. The van der Waals surface area contributed by atoms with Crippen molar-refractivity contribution in [2.45, 2.75) is 18.4 Å². The first-order valence-corrected chi connectivity index (χ1v) is 6.79. The van der Waals surface area contributed by atoms with Gasteiger partial charge in [0.15, 0.2) is 9.84 Å². The number of ether oxygens (including phenoxy) is 1. The van der Waals surface area contributed by atoms with Crippen LogP contribution < -0.4 is 11.3 Å². The molecule has 2 N–H and O–H groups in total. The fraction of sp³-hybridized carbons (Fsp3) is 0.500. The Morgan fingerprint density at radius 1 is 1.47 bits per heavy atom. The zero-order valence-corrected chi connectivity index (χ0v) is 10.7. The maximum absolute atomic E-state index is 11.9. The molecule has 1 aromatic heterocycles. The Labute approximate surface area is 99.9 Å². The predicted octanol–water partition coefficient (Wildman–Crippen LogP) is -0.130.